The van der Waals surface area contributed by atoms with E-state index in [9.17, 15) is 22.8 Å². The van der Waals surface area contributed by atoms with Crippen LogP contribution in [0.5, 0.6) is 0 Å². The molecule has 0 atom stereocenters. The van der Waals surface area contributed by atoms with E-state index in [2.05, 4.69) is 15.4 Å². The molecule has 0 spiro atoms. The second kappa shape index (κ2) is 7.49. The highest BCUT2D eigenvalue weighted by molar-refractivity contribution is 5.96. The first-order valence-electron chi connectivity index (χ1n) is 6.78. The Labute approximate surface area is 135 Å². The molecule has 2 aromatic carbocycles. The Morgan fingerprint density at radius 2 is 1.83 bits per heavy atom. The fourth-order valence-electron chi connectivity index (χ4n) is 1.88. The number of nitrogens with one attached hydrogen (secondary N) is 2. The van der Waals surface area contributed by atoms with Crippen molar-refractivity contribution in [3.05, 3.63) is 59.4 Å². The first-order valence-corrected chi connectivity index (χ1v) is 6.78. The van der Waals surface area contributed by atoms with Crippen LogP contribution in [0.15, 0.2) is 36.4 Å². The molecule has 0 aliphatic carbocycles. The fourth-order valence-corrected chi connectivity index (χ4v) is 1.88. The van der Waals surface area contributed by atoms with Crippen molar-refractivity contribution in [2.45, 2.75) is 0 Å². The van der Waals surface area contributed by atoms with Crippen molar-refractivity contribution >= 4 is 23.3 Å². The van der Waals surface area contributed by atoms with Crippen LogP contribution < -0.4 is 10.6 Å². The topological polar surface area (TPSA) is 67.4 Å². The number of hydrogen-bond donors (Lipinski definition) is 2. The van der Waals surface area contributed by atoms with E-state index < -0.39 is 29.3 Å². The zero-order chi connectivity index (χ0) is 17.7. The molecular formula is C16H13F3N2O3. The largest absolute Gasteiger partial charge is 0.465 e. The Hall–Kier alpha value is -3.03. The maximum Gasteiger partial charge on any atom is 0.337 e. The molecule has 0 radical (unpaired) electrons. The van der Waals surface area contributed by atoms with Crippen molar-refractivity contribution in [3.8, 4) is 0 Å². The summed E-state index contributed by atoms with van der Waals surface area (Å²) in [7, 11) is 1.23. The Bertz CT molecular complexity index is 781. The van der Waals surface area contributed by atoms with Gasteiger partial charge >= 0.3 is 5.97 Å². The number of esters is 1. The summed E-state index contributed by atoms with van der Waals surface area (Å²) in [5.74, 6) is -5.47. The third kappa shape index (κ3) is 4.03. The molecule has 0 aliphatic rings. The Kier molecular flexibility index (Phi) is 5.41. The second-order valence-electron chi connectivity index (χ2n) is 4.70. The summed E-state index contributed by atoms with van der Waals surface area (Å²) in [6.45, 7) is -0.384. The number of benzene rings is 2. The summed E-state index contributed by atoms with van der Waals surface area (Å²) in [4.78, 5) is 23.2. The standard InChI is InChI=1S/C16H13F3N2O3/c1-24-16(23)9-3-2-4-10(7-9)21-13(22)8-20-12-6-5-11(17)14(18)15(12)19/h2-7,20H,8H2,1H3,(H,21,22). The molecule has 0 unspecified atom stereocenters. The zero-order valence-corrected chi connectivity index (χ0v) is 12.5. The summed E-state index contributed by atoms with van der Waals surface area (Å²) in [6.07, 6.45) is 0. The lowest BCUT2D eigenvalue weighted by Gasteiger charge is -2.10. The van der Waals surface area contributed by atoms with E-state index in [1.54, 1.807) is 12.1 Å². The van der Waals surface area contributed by atoms with Gasteiger partial charge in [0, 0.05) is 5.69 Å². The molecule has 0 fully saturated rings. The lowest BCUT2D eigenvalue weighted by Crippen LogP contribution is -2.22. The summed E-state index contributed by atoms with van der Waals surface area (Å²) < 4.78 is 43.9. The first kappa shape index (κ1) is 17.3. The lowest BCUT2D eigenvalue weighted by atomic mass is 10.2. The quantitative estimate of drug-likeness (QED) is 0.650. The monoisotopic (exact) mass is 338 g/mol. The maximum absolute atomic E-state index is 13.5. The molecule has 24 heavy (non-hydrogen) atoms. The lowest BCUT2D eigenvalue weighted by molar-refractivity contribution is -0.114. The number of methoxy groups -OCH3 is 1. The molecule has 8 heteroatoms. The van der Waals surface area contributed by atoms with E-state index in [-0.39, 0.29) is 17.8 Å². The average Bonchev–Trinajstić information content (AvgIpc) is 2.58. The van der Waals surface area contributed by atoms with Crippen molar-refractivity contribution in [1.29, 1.82) is 0 Å². The van der Waals surface area contributed by atoms with E-state index in [0.29, 0.717) is 5.69 Å². The van der Waals surface area contributed by atoms with Crippen LogP contribution in [0.25, 0.3) is 0 Å². The number of amides is 1. The zero-order valence-electron chi connectivity index (χ0n) is 12.5. The minimum absolute atomic E-state index is 0.245. The van der Waals surface area contributed by atoms with Gasteiger partial charge in [-0.2, -0.15) is 0 Å². The smallest absolute Gasteiger partial charge is 0.337 e. The third-order valence-corrected chi connectivity index (χ3v) is 3.04. The predicted octanol–water partition coefficient (Wildman–Crippen LogP) is 2.94. The van der Waals surface area contributed by atoms with Crippen LogP contribution in [0.1, 0.15) is 10.4 Å². The molecular weight excluding hydrogens is 325 g/mol. The molecule has 2 rings (SSSR count). The Balaban J connectivity index is 1.99. The molecule has 126 valence electrons. The van der Waals surface area contributed by atoms with Crippen molar-refractivity contribution in [2.75, 3.05) is 24.3 Å². The second-order valence-corrected chi connectivity index (χ2v) is 4.70. The van der Waals surface area contributed by atoms with Gasteiger partial charge in [0.2, 0.25) is 5.91 Å². The molecule has 0 saturated heterocycles. The van der Waals surface area contributed by atoms with Crippen LogP contribution in [-0.2, 0) is 9.53 Å². The number of halogens is 3. The summed E-state index contributed by atoms with van der Waals surface area (Å²) >= 11 is 0. The van der Waals surface area contributed by atoms with Gasteiger partial charge in [0.25, 0.3) is 0 Å². The third-order valence-electron chi connectivity index (χ3n) is 3.04. The number of anilines is 2. The molecule has 5 nitrogen and oxygen atoms in total. The minimum atomic E-state index is -1.62. The number of ether oxygens (including phenoxy) is 1. The molecule has 0 saturated carbocycles. The molecule has 0 bridgehead atoms. The Morgan fingerprint density at radius 3 is 2.54 bits per heavy atom. The fraction of sp³-hybridized carbons (Fsp3) is 0.125. The van der Waals surface area contributed by atoms with E-state index >= 15 is 0 Å². The summed E-state index contributed by atoms with van der Waals surface area (Å²) in [6, 6.07) is 7.74. The van der Waals surface area contributed by atoms with Crippen LogP contribution in [0.3, 0.4) is 0 Å². The highest BCUT2D eigenvalue weighted by atomic mass is 19.2. The molecule has 0 aliphatic heterocycles. The molecule has 0 heterocycles. The number of rotatable bonds is 5. The highest BCUT2D eigenvalue weighted by Crippen LogP contribution is 2.19. The van der Waals surface area contributed by atoms with Gasteiger partial charge in [-0.05, 0) is 30.3 Å². The van der Waals surface area contributed by atoms with Crippen molar-refractivity contribution in [1.82, 2.24) is 0 Å². The van der Waals surface area contributed by atoms with Gasteiger partial charge in [-0.1, -0.05) is 6.07 Å². The average molecular weight is 338 g/mol. The van der Waals surface area contributed by atoms with Crippen molar-refractivity contribution < 1.29 is 27.5 Å². The van der Waals surface area contributed by atoms with Gasteiger partial charge in [0.15, 0.2) is 17.5 Å². The van der Waals surface area contributed by atoms with Crippen molar-refractivity contribution in [3.63, 3.8) is 0 Å². The normalized spacial score (nSPS) is 10.2. The van der Waals surface area contributed by atoms with Gasteiger partial charge in [0.1, 0.15) is 0 Å². The Morgan fingerprint density at radius 1 is 1.08 bits per heavy atom. The van der Waals surface area contributed by atoms with Gasteiger partial charge in [-0.25, -0.2) is 18.0 Å². The first-order chi connectivity index (χ1) is 11.4. The van der Waals surface area contributed by atoms with Crippen molar-refractivity contribution in [2.24, 2.45) is 0 Å². The molecule has 0 aromatic heterocycles. The van der Waals surface area contributed by atoms with Gasteiger partial charge in [-0.3, -0.25) is 4.79 Å². The number of carbonyl (C=O) groups is 2. The molecule has 1 amide bonds. The van der Waals surface area contributed by atoms with Gasteiger partial charge < -0.3 is 15.4 Å². The van der Waals surface area contributed by atoms with E-state index in [1.165, 1.54) is 19.2 Å². The van der Waals surface area contributed by atoms with Crippen LogP contribution in [-0.4, -0.2) is 25.5 Å². The SMILES string of the molecule is COC(=O)c1cccc(NC(=O)CNc2ccc(F)c(F)c2F)c1. The molecule has 2 N–H and O–H groups in total. The predicted molar refractivity (Wildman–Crippen MR) is 81.2 cm³/mol. The maximum atomic E-state index is 13.5. The van der Waals surface area contributed by atoms with Crippen LogP contribution in [0.2, 0.25) is 0 Å². The van der Waals surface area contributed by atoms with Crippen LogP contribution >= 0.6 is 0 Å². The van der Waals surface area contributed by atoms with Crippen LogP contribution in [0.4, 0.5) is 24.5 Å². The van der Waals surface area contributed by atoms with Gasteiger partial charge in [0.05, 0.1) is 24.9 Å². The summed E-state index contributed by atoms with van der Waals surface area (Å²) in [5, 5.41) is 4.84. The summed E-state index contributed by atoms with van der Waals surface area (Å²) in [5.41, 5.74) is 0.234. The number of hydrogen-bond acceptors (Lipinski definition) is 4. The van der Waals surface area contributed by atoms with Gasteiger partial charge in [-0.15, -0.1) is 0 Å². The number of carbonyl (C=O) groups excluding carboxylic acids is 2. The van der Waals surface area contributed by atoms with E-state index in [1.807, 2.05) is 0 Å². The van der Waals surface area contributed by atoms with E-state index in [0.717, 1.165) is 12.1 Å². The van der Waals surface area contributed by atoms with Crippen LogP contribution in [0, 0.1) is 17.5 Å². The molecule has 2 aromatic rings. The highest BCUT2D eigenvalue weighted by Gasteiger charge is 2.14. The minimum Gasteiger partial charge on any atom is -0.465 e. The van der Waals surface area contributed by atoms with E-state index in [4.69, 9.17) is 0 Å².